The molecule has 1 aliphatic rings. The summed E-state index contributed by atoms with van der Waals surface area (Å²) in [6, 6.07) is 7.90. The Kier molecular flexibility index (Phi) is 4.83. The summed E-state index contributed by atoms with van der Waals surface area (Å²) in [6.07, 6.45) is 1.37. The number of amides is 1. The van der Waals surface area contributed by atoms with Crippen LogP contribution in [0.25, 0.3) is 0 Å². The van der Waals surface area contributed by atoms with E-state index in [1.165, 1.54) is 16.8 Å². The van der Waals surface area contributed by atoms with Gasteiger partial charge in [0.2, 0.25) is 5.91 Å². The van der Waals surface area contributed by atoms with Gasteiger partial charge in [0.1, 0.15) is 11.6 Å². The first-order valence-corrected chi connectivity index (χ1v) is 8.30. The summed E-state index contributed by atoms with van der Waals surface area (Å²) in [5.41, 5.74) is 0.884. The van der Waals surface area contributed by atoms with Gasteiger partial charge in [-0.05, 0) is 43.5 Å². The fourth-order valence-electron chi connectivity index (χ4n) is 2.94. The molecular weight excluding hydrogens is 323 g/mol. The van der Waals surface area contributed by atoms with Crippen molar-refractivity contribution < 1.29 is 9.18 Å². The molecule has 3 rings (SSSR count). The van der Waals surface area contributed by atoms with E-state index in [-0.39, 0.29) is 23.2 Å². The zero-order chi connectivity index (χ0) is 18.0. The topological polar surface area (TPSA) is 67.2 Å². The first kappa shape index (κ1) is 17.1. The molecule has 1 amide bonds. The minimum absolute atomic E-state index is 0.0867. The molecule has 7 heteroatoms. The second kappa shape index (κ2) is 7.04. The normalized spacial score (nSPS) is 15.2. The molecule has 1 N–H and O–H groups in total. The molecule has 0 aliphatic carbocycles. The Bertz CT molecular complexity index is 841. The van der Waals surface area contributed by atoms with Crippen molar-refractivity contribution in [3.05, 3.63) is 52.1 Å². The van der Waals surface area contributed by atoms with Gasteiger partial charge in [-0.3, -0.25) is 9.59 Å². The van der Waals surface area contributed by atoms with Crippen LogP contribution in [0.5, 0.6) is 0 Å². The molecule has 0 spiro atoms. The number of anilines is 2. The van der Waals surface area contributed by atoms with Crippen molar-refractivity contribution in [1.82, 2.24) is 9.78 Å². The van der Waals surface area contributed by atoms with Gasteiger partial charge in [0, 0.05) is 37.8 Å². The Morgan fingerprint density at radius 1 is 1.24 bits per heavy atom. The van der Waals surface area contributed by atoms with Crippen LogP contribution in [0.2, 0.25) is 0 Å². The third-order valence-electron chi connectivity index (χ3n) is 4.58. The molecule has 0 unspecified atom stereocenters. The lowest BCUT2D eigenvalue weighted by molar-refractivity contribution is -0.120. The van der Waals surface area contributed by atoms with Gasteiger partial charge >= 0.3 is 0 Å². The molecule has 1 aliphatic heterocycles. The van der Waals surface area contributed by atoms with E-state index in [0.717, 1.165) is 5.82 Å². The van der Waals surface area contributed by atoms with Crippen LogP contribution in [0.1, 0.15) is 18.4 Å². The second-order valence-corrected chi connectivity index (χ2v) is 6.37. The van der Waals surface area contributed by atoms with Crippen molar-refractivity contribution in [3.63, 3.8) is 0 Å². The molecule has 0 radical (unpaired) electrons. The van der Waals surface area contributed by atoms with E-state index in [2.05, 4.69) is 15.3 Å². The standard InChI is InChI=1S/C18H21FN4O2/c1-12-3-4-14(11-15(12)19)20-18(25)13-7-9-23(10-8-13)16-5-6-17(24)22(2)21-16/h3-6,11,13H,7-10H2,1-2H3,(H,20,25). The highest BCUT2D eigenvalue weighted by Crippen LogP contribution is 2.23. The number of hydrogen-bond acceptors (Lipinski definition) is 4. The van der Waals surface area contributed by atoms with Crippen LogP contribution >= 0.6 is 0 Å². The first-order valence-electron chi connectivity index (χ1n) is 8.30. The van der Waals surface area contributed by atoms with E-state index < -0.39 is 0 Å². The van der Waals surface area contributed by atoms with Gasteiger partial charge in [0.15, 0.2) is 0 Å². The van der Waals surface area contributed by atoms with Crippen molar-refractivity contribution >= 4 is 17.4 Å². The summed E-state index contributed by atoms with van der Waals surface area (Å²) in [5, 5.41) is 7.03. The lowest BCUT2D eigenvalue weighted by Crippen LogP contribution is -2.39. The van der Waals surface area contributed by atoms with E-state index >= 15 is 0 Å². The maximum absolute atomic E-state index is 13.6. The van der Waals surface area contributed by atoms with Crippen LogP contribution in [-0.2, 0) is 11.8 Å². The first-order chi connectivity index (χ1) is 11.9. The molecule has 1 aromatic heterocycles. The molecule has 2 aromatic rings. The fourth-order valence-corrected chi connectivity index (χ4v) is 2.94. The van der Waals surface area contributed by atoms with Crippen LogP contribution in [0.3, 0.4) is 0 Å². The Labute approximate surface area is 145 Å². The SMILES string of the molecule is Cc1ccc(NC(=O)C2CCN(c3ccc(=O)n(C)n3)CC2)cc1F. The number of nitrogens with zero attached hydrogens (tertiary/aromatic N) is 3. The van der Waals surface area contributed by atoms with Crippen molar-refractivity contribution in [2.24, 2.45) is 13.0 Å². The highest BCUT2D eigenvalue weighted by Gasteiger charge is 2.26. The zero-order valence-corrected chi connectivity index (χ0v) is 14.3. The number of rotatable bonds is 3. The summed E-state index contributed by atoms with van der Waals surface area (Å²) in [5.74, 6) is 0.208. The Morgan fingerprint density at radius 3 is 2.60 bits per heavy atom. The Balaban J connectivity index is 1.59. The minimum Gasteiger partial charge on any atom is -0.355 e. The van der Waals surface area contributed by atoms with E-state index in [4.69, 9.17) is 0 Å². The highest BCUT2D eigenvalue weighted by molar-refractivity contribution is 5.92. The van der Waals surface area contributed by atoms with Crippen molar-refractivity contribution in [2.45, 2.75) is 19.8 Å². The summed E-state index contributed by atoms with van der Waals surface area (Å²) >= 11 is 0. The molecule has 1 fully saturated rings. The predicted molar refractivity (Wildman–Crippen MR) is 94.2 cm³/mol. The molecule has 0 bridgehead atoms. The Morgan fingerprint density at radius 2 is 1.96 bits per heavy atom. The number of halogens is 1. The van der Waals surface area contributed by atoms with Gasteiger partial charge in [0.05, 0.1) is 0 Å². The van der Waals surface area contributed by atoms with Gasteiger partial charge in [-0.15, -0.1) is 0 Å². The molecule has 1 saturated heterocycles. The number of benzene rings is 1. The molecule has 132 valence electrons. The number of nitrogens with one attached hydrogen (secondary N) is 1. The molecule has 1 aromatic carbocycles. The maximum atomic E-state index is 13.6. The number of aromatic nitrogens is 2. The van der Waals surface area contributed by atoms with Gasteiger partial charge in [-0.25, -0.2) is 9.07 Å². The van der Waals surface area contributed by atoms with Gasteiger partial charge in [-0.1, -0.05) is 6.07 Å². The highest BCUT2D eigenvalue weighted by atomic mass is 19.1. The van der Waals surface area contributed by atoms with Crippen LogP contribution in [-0.4, -0.2) is 28.8 Å². The molecule has 2 heterocycles. The van der Waals surface area contributed by atoms with Crippen LogP contribution in [0, 0.1) is 18.7 Å². The number of carbonyl (C=O) groups excluding carboxylic acids is 1. The average molecular weight is 344 g/mol. The maximum Gasteiger partial charge on any atom is 0.266 e. The summed E-state index contributed by atoms with van der Waals surface area (Å²) in [4.78, 5) is 25.9. The van der Waals surface area contributed by atoms with Gasteiger partial charge in [0.25, 0.3) is 5.56 Å². The quantitative estimate of drug-likeness (QED) is 0.926. The number of piperidine rings is 1. The van der Waals surface area contributed by atoms with Crippen LogP contribution < -0.4 is 15.8 Å². The Hall–Kier alpha value is -2.70. The largest absolute Gasteiger partial charge is 0.355 e. The van der Waals surface area contributed by atoms with E-state index in [9.17, 15) is 14.0 Å². The number of hydrogen-bond donors (Lipinski definition) is 1. The molecule has 0 saturated carbocycles. The predicted octanol–water partition coefficient (Wildman–Crippen LogP) is 2.08. The smallest absolute Gasteiger partial charge is 0.266 e. The molecule has 0 atom stereocenters. The second-order valence-electron chi connectivity index (χ2n) is 6.37. The van der Waals surface area contributed by atoms with E-state index in [0.29, 0.717) is 37.2 Å². The third kappa shape index (κ3) is 3.87. The lowest BCUT2D eigenvalue weighted by Gasteiger charge is -2.32. The van der Waals surface area contributed by atoms with Crippen molar-refractivity contribution in [1.29, 1.82) is 0 Å². The van der Waals surface area contributed by atoms with E-state index in [1.807, 2.05) is 0 Å². The van der Waals surface area contributed by atoms with Crippen LogP contribution in [0.15, 0.2) is 35.1 Å². The van der Waals surface area contributed by atoms with E-state index in [1.54, 1.807) is 32.2 Å². The lowest BCUT2D eigenvalue weighted by atomic mass is 9.95. The van der Waals surface area contributed by atoms with Crippen LogP contribution in [0.4, 0.5) is 15.9 Å². The van der Waals surface area contributed by atoms with Crippen molar-refractivity contribution in [3.8, 4) is 0 Å². The molecule has 6 nitrogen and oxygen atoms in total. The van der Waals surface area contributed by atoms with Gasteiger partial charge in [-0.2, -0.15) is 5.10 Å². The number of aryl methyl sites for hydroxylation is 2. The zero-order valence-electron chi connectivity index (χ0n) is 14.3. The van der Waals surface area contributed by atoms with Crippen molar-refractivity contribution in [2.75, 3.05) is 23.3 Å². The molecular formula is C18H21FN4O2. The summed E-state index contributed by atoms with van der Waals surface area (Å²) in [6.45, 7) is 3.06. The number of carbonyl (C=O) groups is 1. The average Bonchev–Trinajstić information content (AvgIpc) is 2.61. The third-order valence-corrected chi connectivity index (χ3v) is 4.58. The van der Waals surface area contributed by atoms with Gasteiger partial charge < -0.3 is 10.2 Å². The fraction of sp³-hybridized carbons (Fsp3) is 0.389. The molecule has 25 heavy (non-hydrogen) atoms. The minimum atomic E-state index is -0.326. The monoisotopic (exact) mass is 344 g/mol. The summed E-state index contributed by atoms with van der Waals surface area (Å²) < 4.78 is 14.9. The summed E-state index contributed by atoms with van der Waals surface area (Å²) in [7, 11) is 1.62.